The van der Waals surface area contributed by atoms with Gasteiger partial charge in [0.05, 0.1) is 18.8 Å². The quantitative estimate of drug-likeness (QED) is 0.439. The Hall–Kier alpha value is -3.88. The molecule has 0 saturated heterocycles. The van der Waals surface area contributed by atoms with Crippen molar-refractivity contribution >= 4 is 17.5 Å². The maximum absolute atomic E-state index is 13.5. The molecule has 3 aromatic carbocycles. The molecule has 0 aliphatic carbocycles. The molecule has 218 valence electrons. The zero-order valence-electron chi connectivity index (χ0n) is 24.6. The molecule has 0 unspecified atom stereocenters. The van der Waals surface area contributed by atoms with Crippen LogP contribution in [-0.2, 0) is 11.2 Å². The molecule has 8 nitrogen and oxygen atoms in total. The lowest BCUT2D eigenvalue weighted by Gasteiger charge is -2.36. The standard InChI is InChI=1S/C33H41N3O5/c1-23-20-36(17-16-25-10-7-6-8-11-25)24(2)22-41-30-19-27(34-32(37)26-12-9-13-28(18-26)39-4)14-15-29(30)33(38)35(3)21-31(23)40-5/h6-15,18-19,23-24,31H,16-17,20-22H2,1-5H3,(H,34,37)/t23-,24-,31+/m1/s1. The molecule has 3 atom stereocenters. The lowest BCUT2D eigenvalue weighted by atomic mass is 10.0. The number of rotatable bonds is 7. The summed E-state index contributed by atoms with van der Waals surface area (Å²) in [4.78, 5) is 30.6. The molecule has 3 aromatic rings. The van der Waals surface area contributed by atoms with Gasteiger partial charge < -0.3 is 24.4 Å². The Morgan fingerprint density at radius 3 is 2.51 bits per heavy atom. The normalized spacial score (nSPS) is 20.3. The number of amides is 2. The average Bonchev–Trinajstić information content (AvgIpc) is 3.00. The lowest BCUT2D eigenvalue weighted by molar-refractivity contribution is 0.0109. The molecule has 1 heterocycles. The van der Waals surface area contributed by atoms with Crippen molar-refractivity contribution in [2.24, 2.45) is 5.92 Å². The molecule has 0 bridgehead atoms. The van der Waals surface area contributed by atoms with E-state index in [4.69, 9.17) is 14.2 Å². The Morgan fingerprint density at radius 2 is 1.78 bits per heavy atom. The number of nitrogens with zero attached hydrogens (tertiary/aromatic N) is 2. The molecular weight excluding hydrogens is 518 g/mol. The van der Waals surface area contributed by atoms with Gasteiger partial charge in [-0.15, -0.1) is 0 Å². The molecule has 4 rings (SSSR count). The molecule has 2 amide bonds. The molecule has 1 aliphatic rings. The summed E-state index contributed by atoms with van der Waals surface area (Å²) in [5.74, 6) is 0.790. The summed E-state index contributed by atoms with van der Waals surface area (Å²) in [6.45, 7) is 6.83. The minimum absolute atomic E-state index is 0.0776. The molecule has 1 N–H and O–H groups in total. The first-order valence-electron chi connectivity index (χ1n) is 14.1. The van der Waals surface area contributed by atoms with E-state index < -0.39 is 0 Å². The van der Waals surface area contributed by atoms with E-state index in [1.807, 2.05) is 6.07 Å². The Morgan fingerprint density at radius 1 is 1.00 bits per heavy atom. The van der Waals surface area contributed by atoms with E-state index in [0.29, 0.717) is 41.5 Å². The van der Waals surface area contributed by atoms with Crippen molar-refractivity contribution in [1.82, 2.24) is 9.80 Å². The second kappa shape index (κ2) is 14.1. The van der Waals surface area contributed by atoms with Gasteiger partial charge in [0.1, 0.15) is 18.1 Å². The van der Waals surface area contributed by atoms with Gasteiger partial charge in [0.25, 0.3) is 11.8 Å². The highest BCUT2D eigenvalue weighted by Crippen LogP contribution is 2.27. The number of carbonyl (C=O) groups is 2. The minimum Gasteiger partial charge on any atom is -0.497 e. The number of benzene rings is 3. The zero-order chi connectivity index (χ0) is 29.4. The topological polar surface area (TPSA) is 80.3 Å². The molecular formula is C33H41N3O5. The van der Waals surface area contributed by atoms with Gasteiger partial charge in [-0.2, -0.15) is 0 Å². The van der Waals surface area contributed by atoms with Crippen LogP contribution in [0.5, 0.6) is 11.5 Å². The van der Waals surface area contributed by atoms with Crippen LogP contribution in [0, 0.1) is 5.92 Å². The van der Waals surface area contributed by atoms with Gasteiger partial charge in [-0.3, -0.25) is 14.5 Å². The molecule has 0 fully saturated rings. The van der Waals surface area contributed by atoms with Crippen LogP contribution >= 0.6 is 0 Å². The summed E-state index contributed by atoms with van der Waals surface area (Å²) in [5.41, 5.74) is 2.74. The number of hydrogen-bond donors (Lipinski definition) is 1. The van der Waals surface area contributed by atoms with Gasteiger partial charge in [0, 0.05) is 57.2 Å². The van der Waals surface area contributed by atoms with E-state index in [-0.39, 0.29) is 29.9 Å². The van der Waals surface area contributed by atoms with E-state index >= 15 is 0 Å². The number of carbonyl (C=O) groups excluding carboxylic acids is 2. The third-order valence-electron chi connectivity index (χ3n) is 7.70. The smallest absolute Gasteiger partial charge is 0.257 e. The van der Waals surface area contributed by atoms with Crippen LogP contribution in [0.4, 0.5) is 5.69 Å². The van der Waals surface area contributed by atoms with Crippen LogP contribution in [0.1, 0.15) is 40.1 Å². The van der Waals surface area contributed by atoms with Crippen molar-refractivity contribution in [2.75, 3.05) is 52.8 Å². The van der Waals surface area contributed by atoms with Gasteiger partial charge in [-0.25, -0.2) is 0 Å². The Labute approximate surface area is 243 Å². The minimum atomic E-state index is -0.280. The van der Waals surface area contributed by atoms with Gasteiger partial charge in [0.15, 0.2) is 0 Å². The maximum Gasteiger partial charge on any atom is 0.257 e. The average molecular weight is 560 g/mol. The maximum atomic E-state index is 13.5. The fourth-order valence-corrected chi connectivity index (χ4v) is 5.12. The van der Waals surface area contributed by atoms with E-state index in [9.17, 15) is 9.59 Å². The van der Waals surface area contributed by atoms with E-state index in [1.54, 1.807) is 68.6 Å². The Balaban J connectivity index is 1.59. The third kappa shape index (κ3) is 7.86. The van der Waals surface area contributed by atoms with Gasteiger partial charge in [0.2, 0.25) is 0 Å². The number of methoxy groups -OCH3 is 2. The predicted octanol–water partition coefficient (Wildman–Crippen LogP) is 5.00. The molecule has 0 aromatic heterocycles. The first kappa shape index (κ1) is 30.1. The number of ether oxygens (including phenoxy) is 3. The SMILES string of the molecule is COc1cccc(C(=O)Nc2ccc3c(c2)OC[C@@H](C)N(CCc2ccccc2)C[C@@H](C)[C@@H](OC)CN(C)C3=O)c1. The van der Waals surface area contributed by atoms with Crippen LogP contribution in [-0.4, -0.2) is 81.3 Å². The molecule has 8 heteroatoms. The number of anilines is 1. The highest BCUT2D eigenvalue weighted by molar-refractivity contribution is 6.05. The van der Waals surface area contributed by atoms with E-state index in [0.717, 1.165) is 19.5 Å². The van der Waals surface area contributed by atoms with E-state index in [2.05, 4.69) is 48.3 Å². The molecule has 41 heavy (non-hydrogen) atoms. The van der Waals surface area contributed by atoms with Gasteiger partial charge in [-0.1, -0.05) is 43.3 Å². The zero-order valence-corrected chi connectivity index (χ0v) is 24.6. The van der Waals surface area contributed by atoms with Crippen molar-refractivity contribution in [3.05, 3.63) is 89.5 Å². The number of likely N-dealkylation sites (N-methyl/N-ethyl adjacent to an activating group) is 1. The monoisotopic (exact) mass is 559 g/mol. The van der Waals surface area contributed by atoms with Gasteiger partial charge >= 0.3 is 0 Å². The predicted molar refractivity (Wildman–Crippen MR) is 161 cm³/mol. The van der Waals surface area contributed by atoms with Crippen molar-refractivity contribution in [1.29, 1.82) is 0 Å². The van der Waals surface area contributed by atoms with Crippen molar-refractivity contribution in [3.63, 3.8) is 0 Å². The molecule has 0 radical (unpaired) electrons. The first-order chi connectivity index (χ1) is 19.8. The Kier molecular flexibility index (Phi) is 10.4. The fraction of sp³-hybridized carbons (Fsp3) is 0.394. The summed E-state index contributed by atoms with van der Waals surface area (Å²) in [5, 5.41) is 2.92. The van der Waals surface area contributed by atoms with Crippen LogP contribution < -0.4 is 14.8 Å². The van der Waals surface area contributed by atoms with Crippen molar-refractivity contribution < 1.29 is 23.8 Å². The Bertz CT molecular complexity index is 1320. The van der Waals surface area contributed by atoms with Crippen LogP contribution in [0.15, 0.2) is 72.8 Å². The summed E-state index contributed by atoms with van der Waals surface area (Å²) in [6, 6.07) is 22.7. The summed E-state index contributed by atoms with van der Waals surface area (Å²) in [7, 11) is 5.05. The fourth-order valence-electron chi connectivity index (χ4n) is 5.12. The summed E-state index contributed by atoms with van der Waals surface area (Å²) < 4.78 is 17.5. The number of fused-ring (bicyclic) bond motifs is 1. The number of hydrogen-bond acceptors (Lipinski definition) is 6. The first-order valence-corrected chi connectivity index (χ1v) is 14.1. The second-order valence-corrected chi connectivity index (χ2v) is 10.7. The second-order valence-electron chi connectivity index (χ2n) is 10.7. The molecule has 1 aliphatic heterocycles. The molecule has 0 spiro atoms. The van der Waals surface area contributed by atoms with Crippen LogP contribution in [0.3, 0.4) is 0 Å². The van der Waals surface area contributed by atoms with Crippen LogP contribution in [0.2, 0.25) is 0 Å². The van der Waals surface area contributed by atoms with Crippen molar-refractivity contribution in [3.8, 4) is 11.5 Å². The largest absolute Gasteiger partial charge is 0.497 e. The van der Waals surface area contributed by atoms with Gasteiger partial charge in [-0.05, 0) is 55.2 Å². The lowest BCUT2D eigenvalue weighted by Crippen LogP contribution is -2.47. The number of nitrogens with one attached hydrogen (secondary N) is 1. The van der Waals surface area contributed by atoms with Crippen LogP contribution in [0.25, 0.3) is 0 Å². The highest BCUT2D eigenvalue weighted by Gasteiger charge is 2.28. The summed E-state index contributed by atoms with van der Waals surface area (Å²) >= 11 is 0. The molecule has 0 saturated carbocycles. The van der Waals surface area contributed by atoms with E-state index in [1.165, 1.54) is 5.56 Å². The van der Waals surface area contributed by atoms with Crippen molar-refractivity contribution in [2.45, 2.75) is 32.4 Å². The third-order valence-corrected chi connectivity index (χ3v) is 7.70. The highest BCUT2D eigenvalue weighted by atomic mass is 16.5. The summed E-state index contributed by atoms with van der Waals surface area (Å²) in [6.07, 6.45) is 0.797.